The van der Waals surface area contributed by atoms with Gasteiger partial charge in [-0.1, -0.05) is 60.3 Å². The second-order valence-electron chi connectivity index (χ2n) is 6.32. The molecule has 0 spiro atoms. The van der Waals surface area contributed by atoms with Gasteiger partial charge in [0.25, 0.3) is 0 Å². The van der Waals surface area contributed by atoms with Gasteiger partial charge in [-0.05, 0) is 35.0 Å². The van der Waals surface area contributed by atoms with E-state index >= 15 is 0 Å². The summed E-state index contributed by atoms with van der Waals surface area (Å²) in [5, 5.41) is 5.77. The summed E-state index contributed by atoms with van der Waals surface area (Å²) in [6.45, 7) is 0. The Labute approximate surface area is 173 Å². The Hall–Kier alpha value is -3.38. The van der Waals surface area contributed by atoms with Gasteiger partial charge in [-0.3, -0.25) is 4.79 Å². The van der Waals surface area contributed by atoms with E-state index in [2.05, 4.69) is 39.6 Å². The third-order valence-corrected chi connectivity index (χ3v) is 5.25. The van der Waals surface area contributed by atoms with E-state index in [1.807, 2.05) is 36.4 Å². The van der Waals surface area contributed by atoms with Gasteiger partial charge in [0.05, 0.1) is 24.2 Å². The van der Waals surface area contributed by atoms with Gasteiger partial charge in [-0.25, -0.2) is 9.97 Å². The Bertz CT molecular complexity index is 1160. The van der Waals surface area contributed by atoms with Crippen LogP contribution in [0.25, 0.3) is 22.0 Å². The lowest BCUT2D eigenvalue weighted by Crippen LogP contribution is -2.14. The van der Waals surface area contributed by atoms with Crippen LogP contribution in [0.3, 0.4) is 0 Å². The first-order valence-corrected chi connectivity index (χ1v) is 10.1. The highest BCUT2D eigenvalue weighted by molar-refractivity contribution is 7.99. The predicted octanol–water partition coefficient (Wildman–Crippen LogP) is 5.04. The van der Waals surface area contributed by atoms with Gasteiger partial charge in [0, 0.05) is 11.8 Å². The number of methoxy groups -OCH3 is 1. The molecule has 6 heteroatoms. The third-order valence-electron chi connectivity index (χ3n) is 4.39. The molecule has 29 heavy (non-hydrogen) atoms. The number of carbonyl (C=O) groups excluding carboxylic acids is 1. The zero-order valence-electron chi connectivity index (χ0n) is 15.8. The number of fused-ring (bicyclic) bond motifs is 1. The maximum Gasteiger partial charge on any atom is 0.234 e. The van der Waals surface area contributed by atoms with E-state index in [4.69, 9.17) is 4.74 Å². The average molecular weight is 401 g/mol. The van der Waals surface area contributed by atoms with Crippen LogP contribution in [0.4, 0.5) is 5.69 Å². The minimum atomic E-state index is -0.140. The highest BCUT2D eigenvalue weighted by Crippen LogP contribution is 2.26. The van der Waals surface area contributed by atoms with Crippen LogP contribution in [0.2, 0.25) is 0 Å². The SMILES string of the molecule is COc1ccccc1NC(=O)CSc1nccc(-c2ccc3ccccc3c2)n1. The van der Waals surface area contributed by atoms with Crippen molar-refractivity contribution < 1.29 is 9.53 Å². The molecule has 1 aromatic heterocycles. The zero-order valence-corrected chi connectivity index (χ0v) is 16.6. The Balaban J connectivity index is 1.45. The molecule has 0 radical (unpaired) electrons. The monoisotopic (exact) mass is 401 g/mol. The standard InChI is InChI=1S/C23H19N3O2S/c1-28-21-9-5-4-8-20(21)25-22(27)15-29-23-24-13-12-19(26-23)18-11-10-16-6-2-3-7-17(16)14-18/h2-14H,15H2,1H3,(H,25,27). The maximum absolute atomic E-state index is 12.3. The van der Waals surface area contributed by atoms with E-state index in [0.717, 1.165) is 16.6 Å². The Morgan fingerprint density at radius 3 is 2.66 bits per heavy atom. The number of nitrogens with one attached hydrogen (secondary N) is 1. The summed E-state index contributed by atoms with van der Waals surface area (Å²) in [6.07, 6.45) is 1.72. The lowest BCUT2D eigenvalue weighted by Gasteiger charge is -2.09. The molecule has 3 aromatic carbocycles. The Morgan fingerprint density at radius 1 is 1.00 bits per heavy atom. The molecule has 144 valence electrons. The van der Waals surface area contributed by atoms with Crippen molar-refractivity contribution in [1.82, 2.24) is 9.97 Å². The number of anilines is 1. The molecule has 4 rings (SSSR count). The highest BCUT2D eigenvalue weighted by atomic mass is 32.2. The molecule has 0 saturated carbocycles. The molecule has 5 nitrogen and oxygen atoms in total. The van der Waals surface area contributed by atoms with Gasteiger partial charge in [0.15, 0.2) is 5.16 Å². The molecule has 1 amide bonds. The quantitative estimate of drug-likeness (QED) is 0.362. The van der Waals surface area contributed by atoms with Crippen molar-refractivity contribution in [1.29, 1.82) is 0 Å². The molecule has 0 aliphatic heterocycles. The largest absolute Gasteiger partial charge is 0.495 e. The first-order chi connectivity index (χ1) is 14.2. The van der Waals surface area contributed by atoms with Crippen molar-refractivity contribution in [3.05, 3.63) is 79.0 Å². The first-order valence-electron chi connectivity index (χ1n) is 9.11. The molecule has 1 N–H and O–H groups in total. The molecule has 1 heterocycles. The minimum absolute atomic E-state index is 0.140. The number of thioether (sulfide) groups is 1. The molecule has 0 aliphatic rings. The lowest BCUT2D eigenvalue weighted by molar-refractivity contribution is -0.113. The number of nitrogens with zero attached hydrogens (tertiary/aromatic N) is 2. The number of ether oxygens (including phenoxy) is 1. The molecule has 0 unspecified atom stereocenters. The summed E-state index contributed by atoms with van der Waals surface area (Å²) in [5.41, 5.74) is 2.50. The summed E-state index contributed by atoms with van der Waals surface area (Å²) in [4.78, 5) is 21.2. The van der Waals surface area contributed by atoms with Crippen LogP contribution in [0.1, 0.15) is 0 Å². The first kappa shape index (κ1) is 19.0. The van der Waals surface area contributed by atoms with Crippen LogP contribution in [-0.2, 0) is 4.79 Å². The van der Waals surface area contributed by atoms with E-state index in [-0.39, 0.29) is 11.7 Å². The molecule has 0 atom stereocenters. The van der Waals surface area contributed by atoms with E-state index in [1.54, 1.807) is 25.4 Å². The van der Waals surface area contributed by atoms with E-state index in [1.165, 1.54) is 17.1 Å². The molecule has 0 aliphatic carbocycles. The second-order valence-corrected chi connectivity index (χ2v) is 7.27. The number of para-hydroxylation sites is 2. The number of hydrogen-bond acceptors (Lipinski definition) is 5. The second kappa shape index (κ2) is 8.75. The minimum Gasteiger partial charge on any atom is -0.495 e. The smallest absolute Gasteiger partial charge is 0.234 e. The highest BCUT2D eigenvalue weighted by Gasteiger charge is 2.10. The normalized spacial score (nSPS) is 10.7. The fraction of sp³-hybridized carbons (Fsp3) is 0.0870. The van der Waals surface area contributed by atoms with Crippen molar-refractivity contribution >= 4 is 34.1 Å². The molecule has 0 bridgehead atoms. The summed E-state index contributed by atoms with van der Waals surface area (Å²) in [5.74, 6) is 0.693. The fourth-order valence-electron chi connectivity index (χ4n) is 2.98. The summed E-state index contributed by atoms with van der Waals surface area (Å²) in [7, 11) is 1.58. The molecule has 4 aromatic rings. The number of rotatable bonds is 6. The zero-order chi connectivity index (χ0) is 20.1. The Kier molecular flexibility index (Phi) is 5.72. The van der Waals surface area contributed by atoms with Gasteiger partial charge in [-0.2, -0.15) is 0 Å². The van der Waals surface area contributed by atoms with Crippen molar-refractivity contribution in [3.8, 4) is 17.0 Å². The van der Waals surface area contributed by atoms with Crippen LogP contribution in [-0.4, -0.2) is 28.7 Å². The van der Waals surface area contributed by atoms with Gasteiger partial charge >= 0.3 is 0 Å². The van der Waals surface area contributed by atoms with Crippen LogP contribution in [0.15, 0.2) is 84.1 Å². The van der Waals surface area contributed by atoms with Crippen LogP contribution >= 0.6 is 11.8 Å². The number of carbonyl (C=O) groups is 1. The third kappa shape index (κ3) is 4.55. The summed E-state index contributed by atoms with van der Waals surface area (Å²) >= 11 is 1.30. The van der Waals surface area contributed by atoms with Crippen molar-refractivity contribution in [2.24, 2.45) is 0 Å². The Morgan fingerprint density at radius 2 is 1.79 bits per heavy atom. The van der Waals surface area contributed by atoms with Gasteiger partial charge in [-0.15, -0.1) is 0 Å². The van der Waals surface area contributed by atoms with Crippen LogP contribution in [0, 0.1) is 0 Å². The van der Waals surface area contributed by atoms with Crippen molar-refractivity contribution in [2.75, 3.05) is 18.2 Å². The fourth-order valence-corrected chi connectivity index (χ4v) is 3.61. The van der Waals surface area contributed by atoms with Crippen LogP contribution < -0.4 is 10.1 Å². The lowest BCUT2D eigenvalue weighted by atomic mass is 10.1. The van der Waals surface area contributed by atoms with E-state index in [0.29, 0.717) is 16.6 Å². The number of amides is 1. The predicted molar refractivity (Wildman–Crippen MR) is 117 cm³/mol. The van der Waals surface area contributed by atoms with Gasteiger partial charge in [0.2, 0.25) is 5.91 Å². The number of benzene rings is 3. The number of hydrogen-bond donors (Lipinski definition) is 1. The average Bonchev–Trinajstić information content (AvgIpc) is 2.78. The maximum atomic E-state index is 12.3. The topological polar surface area (TPSA) is 64.1 Å². The van der Waals surface area contributed by atoms with Gasteiger partial charge in [0.1, 0.15) is 5.75 Å². The summed E-state index contributed by atoms with van der Waals surface area (Å²) in [6, 6.07) is 23.6. The molecular formula is C23H19N3O2S. The van der Waals surface area contributed by atoms with E-state index in [9.17, 15) is 4.79 Å². The molecule has 0 saturated heterocycles. The van der Waals surface area contributed by atoms with Crippen LogP contribution in [0.5, 0.6) is 5.75 Å². The molecular weight excluding hydrogens is 382 g/mol. The summed E-state index contributed by atoms with van der Waals surface area (Å²) < 4.78 is 5.26. The molecule has 0 fully saturated rings. The van der Waals surface area contributed by atoms with E-state index < -0.39 is 0 Å². The van der Waals surface area contributed by atoms with Crippen molar-refractivity contribution in [2.45, 2.75) is 5.16 Å². The van der Waals surface area contributed by atoms with Gasteiger partial charge < -0.3 is 10.1 Å². The number of aromatic nitrogens is 2. The van der Waals surface area contributed by atoms with Crippen molar-refractivity contribution in [3.63, 3.8) is 0 Å².